The third-order valence-electron chi connectivity index (χ3n) is 6.90. The lowest BCUT2D eigenvalue weighted by molar-refractivity contribution is 0.0226. The van der Waals surface area contributed by atoms with Crippen molar-refractivity contribution in [3.05, 3.63) is 59.4 Å². The van der Waals surface area contributed by atoms with Crippen molar-refractivity contribution in [2.24, 2.45) is 15.9 Å². The van der Waals surface area contributed by atoms with Crippen molar-refractivity contribution in [2.75, 3.05) is 38.2 Å². The molecule has 2 aliphatic heterocycles. The van der Waals surface area contributed by atoms with Gasteiger partial charge in [-0.05, 0) is 70.0 Å². The largest absolute Gasteiger partial charge is 0.376 e. The molecule has 0 aliphatic carbocycles. The number of aryl methyl sites for hydroxylation is 1. The van der Waals surface area contributed by atoms with E-state index in [4.69, 9.17) is 10.6 Å². The number of nitrogens with zero attached hydrogens (tertiary/aromatic N) is 5. The summed E-state index contributed by atoms with van der Waals surface area (Å²) >= 11 is 0. The average molecular weight is 449 g/mol. The Morgan fingerprint density at radius 2 is 2.15 bits per heavy atom. The van der Waals surface area contributed by atoms with Crippen LogP contribution in [0.5, 0.6) is 0 Å². The quantitative estimate of drug-likeness (QED) is 0.380. The molecule has 176 valence electrons. The van der Waals surface area contributed by atoms with Gasteiger partial charge in [0, 0.05) is 49.9 Å². The highest BCUT2D eigenvalue weighted by Crippen LogP contribution is 2.33. The predicted molar refractivity (Wildman–Crippen MR) is 135 cm³/mol. The van der Waals surface area contributed by atoms with Crippen molar-refractivity contribution >= 4 is 17.6 Å². The van der Waals surface area contributed by atoms with Crippen LogP contribution in [-0.4, -0.2) is 66.7 Å². The average Bonchev–Trinajstić information content (AvgIpc) is 2.81. The van der Waals surface area contributed by atoms with E-state index in [-0.39, 0.29) is 11.6 Å². The molecule has 3 heterocycles. The van der Waals surface area contributed by atoms with Gasteiger partial charge in [-0.15, -0.1) is 0 Å². The van der Waals surface area contributed by atoms with E-state index in [1.165, 1.54) is 12.1 Å². The van der Waals surface area contributed by atoms with Crippen LogP contribution < -0.4 is 10.7 Å². The minimum absolute atomic E-state index is 0.127. The molecule has 2 aromatic rings. The Labute approximate surface area is 197 Å². The third kappa shape index (κ3) is 5.60. The number of ether oxygens (including phenoxy) is 1. The zero-order chi connectivity index (χ0) is 23.3. The number of hydrogen-bond acceptors (Lipinski definition) is 7. The van der Waals surface area contributed by atoms with Gasteiger partial charge in [0.1, 0.15) is 5.71 Å². The van der Waals surface area contributed by atoms with Gasteiger partial charge >= 0.3 is 0 Å². The molecule has 2 fully saturated rings. The fraction of sp³-hybridized carbons (Fsp3) is 0.500. The summed E-state index contributed by atoms with van der Waals surface area (Å²) in [5.74, 6) is 5.70. The lowest BCUT2D eigenvalue weighted by Gasteiger charge is -2.54. The first-order chi connectivity index (χ1) is 16.0. The van der Waals surface area contributed by atoms with Crippen LogP contribution in [0.15, 0.2) is 52.7 Å². The number of hydrogen-bond donors (Lipinski definition) is 1. The number of rotatable bonds is 8. The van der Waals surface area contributed by atoms with Crippen LogP contribution in [0.25, 0.3) is 0 Å². The summed E-state index contributed by atoms with van der Waals surface area (Å²) in [6.45, 7) is 8.74. The van der Waals surface area contributed by atoms with E-state index in [9.17, 15) is 0 Å². The smallest absolute Gasteiger partial charge is 0.108 e. The first-order valence-corrected chi connectivity index (χ1v) is 11.8. The Hall–Kier alpha value is -2.77. The van der Waals surface area contributed by atoms with Gasteiger partial charge in [0.15, 0.2) is 0 Å². The van der Waals surface area contributed by atoms with Crippen LogP contribution in [0.2, 0.25) is 0 Å². The number of likely N-dealkylation sites (N-methyl/N-ethyl adjacent to an activating group) is 1. The molecular formula is C26H36N6O. The number of benzene rings is 1. The molecule has 0 bridgehead atoms. The first-order valence-electron chi connectivity index (χ1n) is 11.8. The highest BCUT2D eigenvalue weighted by Gasteiger charge is 2.42. The van der Waals surface area contributed by atoms with Crippen LogP contribution in [-0.2, 0) is 11.3 Å². The molecule has 1 unspecified atom stereocenters. The summed E-state index contributed by atoms with van der Waals surface area (Å²) in [5, 5.41) is 4.00. The standard InChI is InChI=1S/C26H36N6O/c1-20-14-22(32-18-26(2,19-32)31(3)17-21-8-4-6-12-29-21)10-11-24(20)25(30-27)16-28-15-23-9-5-7-13-33-23/h4,6,8,10-12,14,16,23H,5,7,9,13,15,17-19,27H2,1-3H3/b28-16?,30-25+. The first kappa shape index (κ1) is 23.4. The Morgan fingerprint density at radius 1 is 1.30 bits per heavy atom. The molecule has 1 aromatic heterocycles. The monoisotopic (exact) mass is 448 g/mol. The molecule has 2 aliphatic rings. The van der Waals surface area contributed by atoms with Crippen molar-refractivity contribution in [2.45, 2.75) is 51.3 Å². The second-order valence-corrected chi connectivity index (χ2v) is 9.53. The van der Waals surface area contributed by atoms with Crippen LogP contribution in [0.1, 0.15) is 43.0 Å². The van der Waals surface area contributed by atoms with Crippen LogP contribution >= 0.6 is 0 Å². The number of aromatic nitrogens is 1. The van der Waals surface area contributed by atoms with Crippen molar-refractivity contribution < 1.29 is 4.74 Å². The Morgan fingerprint density at radius 3 is 2.82 bits per heavy atom. The number of hydrazone groups is 1. The molecule has 4 rings (SSSR count). The summed E-state index contributed by atoms with van der Waals surface area (Å²) in [7, 11) is 2.18. The van der Waals surface area contributed by atoms with E-state index >= 15 is 0 Å². The fourth-order valence-corrected chi connectivity index (χ4v) is 4.64. The third-order valence-corrected chi connectivity index (χ3v) is 6.90. The van der Waals surface area contributed by atoms with Gasteiger partial charge in [-0.25, -0.2) is 0 Å². The SMILES string of the molecule is Cc1cc(N2CC(C)(N(C)Cc3ccccn3)C2)ccc1/C(C=NCC1CCCCO1)=N/N. The van der Waals surface area contributed by atoms with Crippen molar-refractivity contribution in [1.82, 2.24) is 9.88 Å². The fourth-order valence-electron chi connectivity index (χ4n) is 4.64. The van der Waals surface area contributed by atoms with Crippen LogP contribution in [0, 0.1) is 6.92 Å². The molecule has 7 nitrogen and oxygen atoms in total. The Kier molecular flexibility index (Phi) is 7.40. The molecule has 0 spiro atoms. The van der Waals surface area contributed by atoms with Gasteiger partial charge in [-0.2, -0.15) is 5.10 Å². The van der Waals surface area contributed by atoms with Gasteiger partial charge in [0.25, 0.3) is 0 Å². The summed E-state index contributed by atoms with van der Waals surface area (Å²) in [5.41, 5.74) is 5.33. The summed E-state index contributed by atoms with van der Waals surface area (Å²) in [6, 6.07) is 12.6. The highest BCUT2D eigenvalue weighted by atomic mass is 16.5. The maximum absolute atomic E-state index is 5.75. The Balaban J connectivity index is 1.35. The molecule has 2 saturated heterocycles. The minimum Gasteiger partial charge on any atom is -0.376 e. The van der Waals surface area contributed by atoms with Gasteiger partial charge < -0.3 is 15.5 Å². The van der Waals surface area contributed by atoms with Crippen molar-refractivity contribution in [1.29, 1.82) is 0 Å². The summed E-state index contributed by atoms with van der Waals surface area (Å²) in [4.78, 5) is 13.8. The molecular weight excluding hydrogens is 412 g/mol. The van der Waals surface area contributed by atoms with E-state index in [0.717, 1.165) is 55.9 Å². The van der Waals surface area contributed by atoms with Gasteiger partial charge in [-0.1, -0.05) is 12.1 Å². The van der Waals surface area contributed by atoms with E-state index in [2.05, 4.69) is 70.0 Å². The molecule has 1 aromatic carbocycles. The van der Waals surface area contributed by atoms with E-state index < -0.39 is 0 Å². The van der Waals surface area contributed by atoms with Gasteiger partial charge in [-0.3, -0.25) is 14.9 Å². The number of nitrogens with two attached hydrogens (primary N) is 1. The predicted octanol–water partition coefficient (Wildman–Crippen LogP) is 3.40. The van der Waals surface area contributed by atoms with Gasteiger partial charge in [0.05, 0.1) is 23.9 Å². The zero-order valence-corrected chi connectivity index (χ0v) is 20.1. The van der Waals surface area contributed by atoms with Crippen molar-refractivity contribution in [3.63, 3.8) is 0 Å². The normalized spacial score (nSPS) is 20.9. The van der Waals surface area contributed by atoms with Crippen LogP contribution in [0.3, 0.4) is 0 Å². The maximum atomic E-state index is 5.75. The molecule has 33 heavy (non-hydrogen) atoms. The summed E-state index contributed by atoms with van der Waals surface area (Å²) < 4.78 is 5.75. The summed E-state index contributed by atoms with van der Waals surface area (Å²) in [6.07, 6.45) is 7.30. The Bertz CT molecular complexity index is 978. The highest BCUT2D eigenvalue weighted by molar-refractivity contribution is 6.38. The van der Waals surface area contributed by atoms with Gasteiger partial charge in [0.2, 0.25) is 0 Å². The molecule has 0 radical (unpaired) electrons. The topological polar surface area (TPSA) is 79.3 Å². The molecule has 7 heteroatoms. The van der Waals surface area contributed by atoms with E-state index in [1.54, 1.807) is 6.21 Å². The van der Waals surface area contributed by atoms with Crippen LogP contribution in [0.4, 0.5) is 5.69 Å². The number of aliphatic imine (C=N–C) groups is 1. The molecule has 1 atom stereocenters. The zero-order valence-electron chi connectivity index (χ0n) is 20.1. The van der Waals surface area contributed by atoms with Crippen molar-refractivity contribution in [3.8, 4) is 0 Å². The van der Waals surface area contributed by atoms with E-state index in [1.807, 2.05) is 18.3 Å². The maximum Gasteiger partial charge on any atom is 0.108 e. The minimum atomic E-state index is 0.127. The number of anilines is 1. The molecule has 2 N–H and O–H groups in total. The molecule has 0 amide bonds. The molecule has 0 saturated carbocycles. The van der Waals surface area contributed by atoms with E-state index in [0.29, 0.717) is 12.3 Å². The second kappa shape index (κ2) is 10.4. The lowest BCUT2D eigenvalue weighted by atomic mass is 9.89. The second-order valence-electron chi connectivity index (χ2n) is 9.53. The number of pyridine rings is 1. The lowest BCUT2D eigenvalue weighted by Crippen LogP contribution is -2.67.